The first-order chi connectivity index (χ1) is 32.9. The van der Waals surface area contributed by atoms with Crippen molar-refractivity contribution in [1.82, 2.24) is 20.2 Å². The van der Waals surface area contributed by atoms with Gasteiger partial charge in [0.25, 0.3) is 0 Å². The van der Waals surface area contributed by atoms with Gasteiger partial charge >= 0.3 is 0 Å². The molecular weight excluding hydrogens is 912 g/mol. The number of nitrogens with one attached hydrogen (secondary N) is 1. The van der Waals surface area contributed by atoms with E-state index < -0.39 is 23.5 Å². The molecule has 1 aliphatic heterocycles. The van der Waals surface area contributed by atoms with E-state index >= 15 is 0 Å². The highest BCUT2D eigenvalue weighted by molar-refractivity contribution is 7.13. The highest BCUT2D eigenvalue weighted by Gasteiger charge is 2.43. The van der Waals surface area contributed by atoms with E-state index in [4.69, 9.17) is 25.8 Å². The number of rotatable bonds is 25. The summed E-state index contributed by atoms with van der Waals surface area (Å²) in [6, 6.07) is 24.0. The molecule has 1 aliphatic rings. The molecule has 1 fully saturated rings. The highest BCUT2D eigenvalue weighted by atomic mass is 35.5. The molecule has 3 heterocycles. The number of hydrogen-bond donors (Lipinski definition) is 2. The first kappa shape index (κ1) is 52.8. The summed E-state index contributed by atoms with van der Waals surface area (Å²) in [4.78, 5) is 64.5. The molecular formula is C55H65ClN4O8S. The zero-order chi connectivity index (χ0) is 49.7. The number of Topliss-reactive ketones (excluding diaryl/α,β-unsaturated/α-hetero) is 3. The predicted octanol–water partition coefficient (Wildman–Crippen LogP) is 10.5. The number of nitrogens with zero attached hydrogens (tertiary/aromatic N) is 3. The Bertz CT molecular complexity index is 2560. The maximum atomic E-state index is 14.2. The van der Waals surface area contributed by atoms with Crippen LogP contribution in [0.5, 0.6) is 11.5 Å². The lowest BCUT2D eigenvalue weighted by Gasteiger charge is -2.36. The van der Waals surface area contributed by atoms with Gasteiger partial charge in [-0.1, -0.05) is 87.5 Å². The number of carbonyl (C=O) groups is 4. The summed E-state index contributed by atoms with van der Waals surface area (Å²) in [6.45, 7) is 17.4. The number of hydrogen-bond acceptors (Lipinski definition) is 12. The first-order valence-electron chi connectivity index (χ1n) is 23.6. The van der Waals surface area contributed by atoms with Crippen LogP contribution in [0.1, 0.15) is 104 Å². The molecule has 12 nitrogen and oxygen atoms in total. The van der Waals surface area contributed by atoms with Gasteiger partial charge in [0.2, 0.25) is 5.91 Å². The molecule has 6 rings (SSSR count). The number of carbonyl (C=O) groups excluding carboxylic acids is 4. The second kappa shape index (κ2) is 24.8. The van der Waals surface area contributed by atoms with Crippen LogP contribution in [-0.2, 0) is 36.7 Å². The molecule has 1 saturated heterocycles. The van der Waals surface area contributed by atoms with Crippen LogP contribution in [-0.4, -0.2) is 88.3 Å². The number of ether oxygens (including phenoxy) is 3. The van der Waals surface area contributed by atoms with Gasteiger partial charge in [-0.05, 0) is 84.7 Å². The summed E-state index contributed by atoms with van der Waals surface area (Å²) >= 11 is 7.73. The fourth-order valence-corrected chi connectivity index (χ4v) is 9.31. The third kappa shape index (κ3) is 15.5. The number of pyridine rings is 1. The number of β-amino-alcohol motifs (C(OH)–C–C–N with tert-alkyl or cyclic N) is 1. The van der Waals surface area contributed by atoms with Crippen molar-refractivity contribution in [2.75, 3.05) is 33.0 Å². The summed E-state index contributed by atoms with van der Waals surface area (Å²) < 4.78 is 17.4. The van der Waals surface area contributed by atoms with E-state index in [1.807, 2.05) is 77.4 Å². The average Bonchev–Trinajstić information content (AvgIpc) is 3.94. The predicted molar refractivity (Wildman–Crippen MR) is 271 cm³/mol. The van der Waals surface area contributed by atoms with Crippen molar-refractivity contribution in [2.45, 2.75) is 105 Å². The Morgan fingerprint density at radius 3 is 2.25 bits per heavy atom. The minimum atomic E-state index is -0.698. The highest BCUT2D eigenvalue weighted by Crippen LogP contribution is 2.35. The van der Waals surface area contributed by atoms with Crippen molar-refractivity contribution >= 4 is 46.2 Å². The van der Waals surface area contributed by atoms with Crippen LogP contribution in [0.15, 0.2) is 103 Å². The molecule has 0 spiro atoms. The number of amides is 1. The van der Waals surface area contributed by atoms with Gasteiger partial charge in [0.15, 0.2) is 5.78 Å². The second-order valence-corrected chi connectivity index (χ2v) is 20.2. The fraction of sp³-hybridized carbons (Fsp3) is 0.418. The van der Waals surface area contributed by atoms with Crippen molar-refractivity contribution in [3.05, 3.63) is 142 Å². The summed E-state index contributed by atoms with van der Waals surface area (Å²) in [6.07, 6.45) is 2.77. The van der Waals surface area contributed by atoms with Crippen LogP contribution < -0.4 is 10.1 Å². The van der Waals surface area contributed by atoms with Crippen LogP contribution in [0, 0.1) is 25.2 Å². The molecule has 366 valence electrons. The molecule has 69 heavy (non-hydrogen) atoms. The lowest BCUT2D eigenvalue weighted by molar-refractivity contribution is -0.142. The van der Waals surface area contributed by atoms with Crippen LogP contribution in [0.4, 0.5) is 0 Å². The normalized spacial score (nSPS) is 15.7. The van der Waals surface area contributed by atoms with Gasteiger partial charge in [-0.3, -0.25) is 24.2 Å². The molecule has 0 saturated carbocycles. The summed E-state index contributed by atoms with van der Waals surface area (Å²) in [5.74, 6) is 0.169. The van der Waals surface area contributed by atoms with Crippen molar-refractivity contribution in [3.8, 4) is 21.9 Å². The smallest absolute Gasteiger partial charge is 0.227 e. The minimum absolute atomic E-state index is 0.0599. The third-order valence-electron chi connectivity index (χ3n) is 12.4. The van der Waals surface area contributed by atoms with E-state index in [0.29, 0.717) is 66.8 Å². The molecule has 1 amide bonds. The van der Waals surface area contributed by atoms with Crippen molar-refractivity contribution in [3.63, 3.8) is 0 Å². The number of likely N-dealkylation sites (tertiary alicyclic amines) is 1. The quantitative estimate of drug-likeness (QED) is 0.0424. The molecule has 3 aromatic carbocycles. The maximum Gasteiger partial charge on any atom is 0.227 e. The zero-order valence-electron chi connectivity index (χ0n) is 40.6. The average molecular weight is 978 g/mol. The van der Waals surface area contributed by atoms with Crippen LogP contribution >= 0.6 is 22.9 Å². The lowest BCUT2D eigenvalue weighted by atomic mass is 9.76. The number of ketones is 3. The standard InChI is InChI=1S/C55H65ClN4O8S/c1-35-27-40(12-19-49(35)56)29-44(62)28-39-10-17-46(18-11-39)68-47-20-22-57-50(32-47)52(64)9-8-23-66-25-26-67-24-21-43(61)30-48(55(5,6)7)54(65)60-33-45(63)31-51(60)37(3)59-36(2)41-13-15-42(16-14-41)53-38(4)58-34-69-53/h10-20,22,27,32,34,36,45,48,51,59,63H,3,8-9,21,23-26,28-31,33H2,1-2,4-7H3/t36-,45+,48+,51+/m0/s1. The Labute approximate surface area is 415 Å². The Morgan fingerprint density at radius 2 is 1.57 bits per heavy atom. The van der Waals surface area contributed by atoms with E-state index in [0.717, 1.165) is 38.4 Å². The number of aromatic nitrogens is 2. The number of halogens is 1. The molecule has 0 bridgehead atoms. The van der Waals surface area contributed by atoms with Gasteiger partial charge in [-0.15, -0.1) is 11.3 Å². The number of aryl methyl sites for hydroxylation is 2. The van der Waals surface area contributed by atoms with Gasteiger partial charge in [0.1, 0.15) is 28.8 Å². The van der Waals surface area contributed by atoms with Gasteiger partial charge in [-0.25, -0.2) is 4.98 Å². The van der Waals surface area contributed by atoms with E-state index in [9.17, 15) is 24.3 Å². The van der Waals surface area contributed by atoms with E-state index in [-0.39, 0.29) is 68.3 Å². The van der Waals surface area contributed by atoms with Gasteiger partial charge in [-0.2, -0.15) is 0 Å². The van der Waals surface area contributed by atoms with Gasteiger partial charge in [0, 0.05) is 86.6 Å². The maximum absolute atomic E-state index is 14.2. The van der Waals surface area contributed by atoms with Crippen LogP contribution in [0.2, 0.25) is 5.02 Å². The Kier molecular flexibility index (Phi) is 19.0. The number of aliphatic hydroxyl groups is 1. The van der Waals surface area contributed by atoms with Crippen molar-refractivity contribution in [1.29, 1.82) is 0 Å². The summed E-state index contributed by atoms with van der Waals surface area (Å²) in [7, 11) is 0. The summed E-state index contributed by atoms with van der Waals surface area (Å²) in [5, 5.41) is 14.9. The number of aliphatic hydroxyl groups excluding tert-OH is 1. The molecule has 14 heteroatoms. The van der Waals surface area contributed by atoms with E-state index in [1.165, 1.54) is 6.20 Å². The Hall–Kier alpha value is -5.57. The molecule has 5 aromatic rings. The van der Waals surface area contributed by atoms with Crippen LogP contribution in [0.25, 0.3) is 10.4 Å². The topological polar surface area (TPSA) is 157 Å². The largest absolute Gasteiger partial charge is 0.457 e. The zero-order valence-corrected chi connectivity index (χ0v) is 42.2. The molecule has 0 radical (unpaired) electrons. The molecule has 0 aliphatic carbocycles. The fourth-order valence-electron chi connectivity index (χ4n) is 8.39. The first-order valence-corrected chi connectivity index (χ1v) is 24.8. The number of benzene rings is 3. The van der Waals surface area contributed by atoms with Crippen LogP contribution in [0.3, 0.4) is 0 Å². The molecule has 2 N–H and O–H groups in total. The van der Waals surface area contributed by atoms with E-state index in [1.54, 1.807) is 40.5 Å². The third-order valence-corrected chi connectivity index (χ3v) is 13.8. The minimum Gasteiger partial charge on any atom is -0.457 e. The second-order valence-electron chi connectivity index (χ2n) is 18.9. The lowest BCUT2D eigenvalue weighted by Crippen LogP contribution is -2.47. The Morgan fingerprint density at radius 1 is 0.870 bits per heavy atom. The number of thiazole rings is 1. The van der Waals surface area contributed by atoms with Gasteiger partial charge < -0.3 is 29.5 Å². The van der Waals surface area contributed by atoms with E-state index in [2.05, 4.69) is 46.1 Å². The molecule has 2 aromatic heterocycles. The monoisotopic (exact) mass is 976 g/mol. The molecule has 4 atom stereocenters. The van der Waals surface area contributed by atoms with Crippen molar-refractivity contribution in [2.24, 2.45) is 11.3 Å². The SMILES string of the molecule is C=C(N[C@@H](C)c1ccc(-c2scnc2C)cc1)[C@H]1C[C@@H](O)CN1C(=O)[C@@H](CC(=O)CCOCCOCCCC(=O)c1cc(Oc2ccc(CC(=O)Cc3ccc(Cl)c(C)c3)cc2)ccn1)C(C)(C)C. The summed E-state index contributed by atoms with van der Waals surface area (Å²) in [5.41, 5.74) is 8.21. The molecule has 0 unspecified atom stereocenters. The van der Waals surface area contributed by atoms with Crippen molar-refractivity contribution < 1.29 is 38.5 Å². The van der Waals surface area contributed by atoms with Gasteiger partial charge in [0.05, 0.1) is 48.0 Å². The Balaban J connectivity index is 0.863.